The van der Waals surface area contributed by atoms with E-state index in [4.69, 9.17) is 0 Å². The Morgan fingerprint density at radius 3 is 2.28 bits per heavy atom. The third-order valence-electron chi connectivity index (χ3n) is 6.45. The first-order valence-electron chi connectivity index (χ1n) is 10.4. The van der Waals surface area contributed by atoms with Gasteiger partial charge in [0.25, 0.3) is 0 Å². The Morgan fingerprint density at radius 2 is 1.48 bits per heavy atom. The van der Waals surface area contributed by atoms with Crippen molar-refractivity contribution >= 4 is 0 Å². The van der Waals surface area contributed by atoms with Gasteiger partial charge in [-0.1, -0.05) is 49.6 Å². The first-order valence-corrected chi connectivity index (χ1v) is 10.4. The fourth-order valence-electron chi connectivity index (χ4n) is 5.12. The van der Waals surface area contributed by atoms with E-state index in [1.807, 2.05) is 0 Å². The van der Waals surface area contributed by atoms with Crippen molar-refractivity contribution in [2.24, 2.45) is 0 Å². The van der Waals surface area contributed by atoms with E-state index < -0.39 is 0 Å². The standard InChI is InChI=1S/C22H36NO2/c24-21-13-7-2-6-12-20(16-21)23(17-19-10-4-1-5-11-19)15-9-3-8-14-22(25)18-23/h1,4-5,10-11,20-22,24-25H,2-3,6-9,12-18H2/q+1. The zero-order valence-electron chi connectivity index (χ0n) is 15.7. The van der Waals surface area contributed by atoms with Crippen LogP contribution in [0.3, 0.4) is 0 Å². The van der Waals surface area contributed by atoms with Crippen LogP contribution in [-0.2, 0) is 6.54 Å². The lowest BCUT2D eigenvalue weighted by Crippen LogP contribution is -2.59. The SMILES string of the molecule is OC1CCCCCC([N+]2(Cc3ccccc3)CCCCCC(O)C2)C1. The summed E-state index contributed by atoms with van der Waals surface area (Å²) in [6.07, 6.45) is 10.9. The number of likely N-dealkylation sites (tertiary alicyclic amines) is 1. The largest absolute Gasteiger partial charge is 0.393 e. The highest BCUT2D eigenvalue weighted by Gasteiger charge is 2.40. The van der Waals surface area contributed by atoms with Crippen molar-refractivity contribution in [2.75, 3.05) is 13.1 Å². The molecule has 1 aliphatic carbocycles. The topological polar surface area (TPSA) is 40.5 Å². The number of benzene rings is 1. The molecule has 3 heteroatoms. The van der Waals surface area contributed by atoms with Gasteiger partial charge in [-0.3, -0.25) is 0 Å². The van der Waals surface area contributed by atoms with Crippen molar-refractivity contribution in [2.45, 2.75) is 89.0 Å². The van der Waals surface area contributed by atoms with E-state index in [0.717, 1.165) is 56.2 Å². The van der Waals surface area contributed by atoms with Crippen LogP contribution in [0.2, 0.25) is 0 Å². The second-order valence-electron chi connectivity index (χ2n) is 8.45. The highest BCUT2D eigenvalue weighted by molar-refractivity contribution is 5.13. The minimum absolute atomic E-state index is 0.168. The summed E-state index contributed by atoms with van der Waals surface area (Å²) in [5.74, 6) is 0. The maximum atomic E-state index is 10.7. The Hall–Kier alpha value is -0.900. The van der Waals surface area contributed by atoms with E-state index >= 15 is 0 Å². The molecule has 0 amide bonds. The molecule has 2 aliphatic rings. The predicted molar refractivity (Wildman–Crippen MR) is 102 cm³/mol. The zero-order valence-corrected chi connectivity index (χ0v) is 15.7. The Labute approximate surface area is 153 Å². The van der Waals surface area contributed by atoms with Crippen LogP contribution in [0.5, 0.6) is 0 Å². The van der Waals surface area contributed by atoms with Gasteiger partial charge in [-0.15, -0.1) is 0 Å². The van der Waals surface area contributed by atoms with E-state index in [0.29, 0.717) is 6.04 Å². The number of aliphatic hydroxyl groups is 2. The monoisotopic (exact) mass is 346 g/mol. The summed E-state index contributed by atoms with van der Waals surface area (Å²) < 4.78 is 0.974. The van der Waals surface area contributed by atoms with Gasteiger partial charge in [0.05, 0.1) is 18.7 Å². The van der Waals surface area contributed by atoms with Crippen LogP contribution in [-0.4, -0.2) is 46.0 Å². The quantitative estimate of drug-likeness (QED) is 0.812. The molecule has 2 N–H and O–H groups in total. The molecule has 0 bridgehead atoms. The summed E-state index contributed by atoms with van der Waals surface area (Å²) in [5.41, 5.74) is 1.37. The lowest BCUT2D eigenvalue weighted by Gasteiger charge is -2.48. The maximum absolute atomic E-state index is 10.7. The molecule has 140 valence electrons. The average molecular weight is 347 g/mol. The molecule has 1 aromatic rings. The molecular formula is C22H36NO2+. The highest BCUT2D eigenvalue weighted by Crippen LogP contribution is 2.32. The predicted octanol–water partition coefficient (Wildman–Crippen LogP) is 4.02. The Morgan fingerprint density at radius 1 is 0.800 bits per heavy atom. The first kappa shape index (κ1) is 18.9. The van der Waals surface area contributed by atoms with E-state index in [1.165, 1.54) is 37.7 Å². The van der Waals surface area contributed by atoms with E-state index in [-0.39, 0.29) is 12.2 Å². The van der Waals surface area contributed by atoms with Gasteiger partial charge >= 0.3 is 0 Å². The Bertz CT molecular complexity index is 506. The van der Waals surface area contributed by atoms with Gasteiger partial charge in [-0.2, -0.15) is 0 Å². The van der Waals surface area contributed by atoms with Crippen LogP contribution >= 0.6 is 0 Å². The molecule has 1 saturated heterocycles. The first-order chi connectivity index (χ1) is 12.2. The molecule has 3 nitrogen and oxygen atoms in total. The minimum atomic E-state index is -0.202. The number of aliphatic hydroxyl groups excluding tert-OH is 2. The van der Waals surface area contributed by atoms with Crippen molar-refractivity contribution in [3.63, 3.8) is 0 Å². The molecule has 4 unspecified atom stereocenters. The molecule has 4 atom stereocenters. The van der Waals surface area contributed by atoms with Gasteiger partial charge in [-0.25, -0.2) is 0 Å². The number of rotatable bonds is 3. The molecule has 2 fully saturated rings. The van der Waals surface area contributed by atoms with Crippen LogP contribution in [0.15, 0.2) is 30.3 Å². The Balaban J connectivity index is 1.88. The number of hydrogen-bond acceptors (Lipinski definition) is 2. The van der Waals surface area contributed by atoms with Crippen LogP contribution in [0.1, 0.15) is 69.8 Å². The smallest absolute Gasteiger partial charge is 0.105 e. The van der Waals surface area contributed by atoms with Crippen molar-refractivity contribution < 1.29 is 14.7 Å². The molecular weight excluding hydrogens is 310 g/mol. The van der Waals surface area contributed by atoms with Crippen molar-refractivity contribution in [1.29, 1.82) is 0 Å². The number of quaternary nitrogens is 1. The zero-order chi connectivity index (χ0) is 17.5. The minimum Gasteiger partial charge on any atom is -0.393 e. The normalized spacial score (nSPS) is 35.2. The molecule has 25 heavy (non-hydrogen) atoms. The highest BCUT2D eigenvalue weighted by atomic mass is 16.3. The van der Waals surface area contributed by atoms with Gasteiger partial charge < -0.3 is 14.7 Å². The van der Waals surface area contributed by atoms with Crippen molar-refractivity contribution in [1.82, 2.24) is 0 Å². The van der Waals surface area contributed by atoms with Crippen molar-refractivity contribution in [3.05, 3.63) is 35.9 Å². The van der Waals surface area contributed by atoms with Gasteiger partial charge in [0.1, 0.15) is 19.2 Å². The van der Waals surface area contributed by atoms with Crippen LogP contribution in [0.4, 0.5) is 0 Å². The Kier molecular flexibility index (Phi) is 6.92. The third kappa shape index (κ3) is 5.29. The summed E-state index contributed by atoms with van der Waals surface area (Å²) >= 11 is 0. The van der Waals surface area contributed by atoms with Crippen LogP contribution in [0, 0.1) is 0 Å². The van der Waals surface area contributed by atoms with Gasteiger partial charge in [0, 0.05) is 12.0 Å². The molecule has 0 spiro atoms. The fourth-order valence-corrected chi connectivity index (χ4v) is 5.12. The van der Waals surface area contributed by atoms with Crippen molar-refractivity contribution in [3.8, 4) is 0 Å². The van der Waals surface area contributed by atoms with E-state index in [9.17, 15) is 10.2 Å². The van der Waals surface area contributed by atoms with E-state index in [2.05, 4.69) is 30.3 Å². The van der Waals surface area contributed by atoms with Crippen LogP contribution in [0.25, 0.3) is 0 Å². The second kappa shape index (κ2) is 9.16. The summed E-state index contributed by atoms with van der Waals surface area (Å²) in [4.78, 5) is 0. The number of hydrogen-bond donors (Lipinski definition) is 2. The fraction of sp³-hybridized carbons (Fsp3) is 0.727. The summed E-state index contributed by atoms with van der Waals surface area (Å²) in [7, 11) is 0. The summed E-state index contributed by atoms with van der Waals surface area (Å²) in [6.45, 7) is 2.99. The lowest BCUT2D eigenvalue weighted by atomic mass is 9.89. The summed E-state index contributed by atoms with van der Waals surface area (Å²) in [5, 5.41) is 21.2. The lowest BCUT2D eigenvalue weighted by molar-refractivity contribution is -0.968. The van der Waals surface area contributed by atoms with Crippen LogP contribution < -0.4 is 0 Å². The molecule has 1 heterocycles. The average Bonchev–Trinajstić information content (AvgIpc) is 2.56. The number of nitrogens with zero attached hydrogens (tertiary/aromatic N) is 1. The molecule has 3 rings (SSSR count). The molecule has 1 saturated carbocycles. The van der Waals surface area contributed by atoms with Gasteiger partial charge in [0.2, 0.25) is 0 Å². The maximum Gasteiger partial charge on any atom is 0.105 e. The second-order valence-corrected chi connectivity index (χ2v) is 8.45. The molecule has 0 aromatic heterocycles. The van der Waals surface area contributed by atoms with E-state index in [1.54, 1.807) is 0 Å². The molecule has 1 aromatic carbocycles. The summed E-state index contributed by atoms with van der Waals surface area (Å²) in [6, 6.07) is 11.3. The van der Waals surface area contributed by atoms with Gasteiger partial charge in [-0.05, 0) is 38.5 Å². The molecule has 1 aliphatic heterocycles. The van der Waals surface area contributed by atoms with Gasteiger partial charge in [0.15, 0.2) is 0 Å². The molecule has 0 radical (unpaired) electrons. The third-order valence-corrected chi connectivity index (χ3v) is 6.45.